The van der Waals surface area contributed by atoms with Gasteiger partial charge in [0.15, 0.2) is 0 Å². The Morgan fingerprint density at radius 1 is 1.24 bits per heavy atom. The Morgan fingerprint density at radius 3 is 2.24 bits per heavy atom. The number of amides is 2. The lowest BCUT2D eigenvalue weighted by Crippen LogP contribution is -2.49. The van der Waals surface area contributed by atoms with Crippen LogP contribution in [0.4, 0.5) is 4.79 Å². The van der Waals surface area contributed by atoms with Gasteiger partial charge in [0.1, 0.15) is 0 Å². The third-order valence-corrected chi connectivity index (χ3v) is 6.44. The van der Waals surface area contributed by atoms with Crippen molar-refractivity contribution < 1.29 is 14.7 Å². The number of hydrogen-bond acceptors (Lipinski definition) is 3. The third kappa shape index (κ3) is 5.09. The molecule has 0 atom stereocenters. The highest BCUT2D eigenvalue weighted by Gasteiger charge is 2.39. The second-order valence-electron chi connectivity index (χ2n) is 6.05. The molecule has 0 saturated heterocycles. The van der Waals surface area contributed by atoms with Crippen molar-refractivity contribution in [2.75, 3.05) is 19.3 Å². The van der Waals surface area contributed by atoms with E-state index in [0.29, 0.717) is 13.1 Å². The van der Waals surface area contributed by atoms with Crippen LogP contribution in [0.5, 0.6) is 0 Å². The summed E-state index contributed by atoms with van der Waals surface area (Å²) in [6.07, 6.45) is 7.06. The SMILES string of the molecule is CCC(CC)(CNC(=O)NCC1(CC(=O)O)CCC1)SC. The lowest BCUT2D eigenvalue weighted by molar-refractivity contribution is -0.141. The van der Waals surface area contributed by atoms with Gasteiger partial charge in [-0.1, -0.05) is 20.3 Å². The molecule has 6 heteroatoms. The lowest BCUT2D eigenvalue weighted by atomic mass is 9.66. The van der Waals surface area contributed by atoms with Gasteiger partial charge in [-0.25, -0.2) is 4.79 Å². The summed E-state index contributed by atoms with van der Waals surface area (Å²) in [5.41, 5.74) is -0.227. The number of carboxylic acids is 1. The average Bonchev–Trinajstić information content (AvgIpc) is 2.43. The van der Waals surface area contributed by atoms with Crippen LogP contribution in [0.25, 0.3) is 0 Å². The molecule has 0 heterocycles. The van der Waals surface area contributed by atoms with Crippen LogP contribution in [0.2, 0.25) is 0 Å². The van der Waals surface area contributed by atoms with Crippen molar-refractivity contribution in [3.05, 3.63) is 0 Å². The van der Waals surface area contributed by atoms with Crippen molar-refractivity contribution in [3.63, 3.8) is 0 Å². The van der Waals surface area contributed by atoms with Crippen LogP contribution in [-0.2, 0) is 4.79 Å². The van der Waals surface area contributed by atoms with Crippen molar-refractivity contribution in [1.82, 2.24) is 10.6 Å². The molecular formula is C15H28N2O3S. The van der Waals surface area contributed by atoms with Crippen molar-refractivity contribution in [1.29, 1.82) is 0 Å². The Bertz CT molecular complexity index is 358. The minimum absolute atomic E-state index is 0.0898. The Hall–Kier alpha value is -0.910. The predicted octanol–water partition coefficient (Wildman–Crippen LogP) is 2.85. The molecule has 1 rings (SSSR count). The van der Waals surface area contributed by atoms with Crippen molar-refractivity contribution in [3.8, 4) is 0 Å². The standard InChI is InChI=1S/C15H28N2O3S/c1-4-15(5-2,21-3)11-17-13(20)16-10-14(7-6-8-14)9-12(18)19/h4-11H2,1-3H3,(H,18,19)(H2,16,17,20). The molecule has 122 valence electrons. The van der Waals surface area contributed by atoms with E-state index in [0.717, 1.165) is 32.1 Å². The van der Waals surface area contributed by atoms with E-state index >= 15 is 0 Å². The molecule has 2 amide bonds. The zero-order chi connectivity index (χ0) is 15.9. The molecule has 0 aromatic rings. The Kier molecular flexibility index (Phi) is 6.84. The maximum Gasteiger partial charge on any atom is 0.314 e. The monoisotopic (exact) mass is 316 g/mol. The molecule has 1 aliphatic rings. The Morgan fingerprint density at radius 2 is 1.86 bits per heavy atom. The van der Waals surface area contributed by atoms with Gasteiger partial charge in [-0.3, -0.25) is 4.79 Å². The summed E-state index contributed by atoms with van der Waals surface area (Å²) < 4.78 is 0.0898. The zero-order valence-electron chi connectivity index (χ0n) is 13.3. The minimum Gasteiger partial charge on any atom is -0.481 e. The summed E-state index contributed by atoms with van der Waals surface area (Å²) in [7, 11) is 0. The molecule has 0 aromatic carbocycles. The number of aliphatic carboxylic acids is 1. The first-order valence-corrected chi connectivity index (χ1v) is 8.92. The van der Waals surface area contributed by atoms with Gasteiger partial charge in [0.2, 0.25) is 0 Å². The minimum atomic E-state index is -0.782. The average molecular weight is 316 g/mol. The number of urea groups is 1. The molecule has 3 N–H and O–H groups in total. The Balaban J connectivity index is 2.38. The van der Waals surface area contributed by atoms with Gasteiger partial charge in [0.25, 0.3) is 0 Å². The summed E-state index contributed by atoms with van der Waals surface area (Å²) >= 11 is 1.79. The van der Waals surface area contributed by atoms with E-state index in [1.165, 1.54) is 0 Å². The fourth-order valence-electron chi connectivity index (χ4n) is 2.85. The van der Waals surface area contributed by atoms with Gasteiger partial charge in [-0.2, -0.15) is 11.8 Å². The molecule has 0 bridgehead atoms. The fourth-order valence-corrected chi connectivity index (χ4v) is 3.64. The molecule has 1 saturated carbocycles. The molecule has 0 radical (unpaired) electrons. The fraction of sp³-hybridized carbons (Fsp3) is 0.867. The summed E-state index contributed by atoms with van der Waals surface area (Å²) in [5, 5.41) is 14.7. The van der Waals surface area contributed by atoms with Crippen LogP contribution >= 0.6 is 11.8 Å². The largest absolute Gasteiger partial charge is 0.481 e. The summed E-state index contributed by atoms with van der Waals surface area (Å²) in [6, 6.07) is -0.188. The van der Waals surface area contributed by atoms with Gasteiger partial charge in [-0.05, 0) is 37.4 Å². The molecule has 1 fully saturated rings. The normalized spacial score (nSPS) is 16.9. The van der Waals surface area contributed by atoms with Crippen LogP contribution in [0.3, 0.4) is 0 Å². The number of hydrogen-bond donors (Lipinski definition) is 3. The summed E-state index contributed by atoms with van der Waals surface area (Å²) in [6.45, 7) is 5.36. The van der Waals surface area contributed by atoms with E-state index in [1.807, 2.05) is 0 Å². The van der Waals surface area contributed by atoms with Crippen molar-refractivity contribution in [2.24, 2.45) is 5.41 Å². The molecule has 5 nitrogen and oxygen atoms in total. The van der Waals surface area contributed by atoms with Crippen LogP contribution < -0.4 is 10.6 Å². The van der Waals surface area contributed by atoms with E-state index in [9.17, 15) is 9.59 Å². The zero-order valence-corrected chi connectivity index (χ0v) is 14.1. The van der Waals surface area contributed by atoms with Gasteiger partial charge in [0, 0.05) is 17.8 Å². The highest BCUT2D eigenvalue weighted by molar-refractivity contribution is 8.00. The molecule has 0 spiro atoms. The number of carboxylic acid groups (broad SMARTS) is 1. The maximum absolute atomic E-state index is 11.9. The molecule has 0 aromatic heterocycles. The molecule has 1 aliphatic carbocycles. The molecular weight excluding hydrogens is 288 g/mol. The lowest BCUT2D eigenvalue weighted by Gasteiger charge is -2.41. The third-order valence-electron chi connectivity index (χ3n) is 4.86. The first-order chi connectivity index (χ1) is 9.91. The van der Waals surface area contributed by atoms with Crippen LogP contribution in [0, 0.1) is 5.41 Å². The first kappa shape index (κ1) is 18.1. The number of thioether (sulfide) groups is 1. The van der Waals surface area contributed by atoms with E-state index < -0.39 is 5.97 Å². The molecule has 21 heavy (non-hydrogen) atoms. The highest BCUT2D eigenvalue weighted by Crippen LogP contribution is 2.43. The smallest absolute Gasteiger partial charge is 0.314 e. The van der Waals surface area contributed by atoms with Gasteiger partial charge >= 0.3 is 12.0 Å². The molecule has 0 unspecified atom stereocenters. The van der Waals surface area contributed by atoms with Gasteiger partial charge in [0.05, 0.1) is 6.42 Å². The second-order valence-corrected chi connectivity index (χ2v) is 7.33. The number of carbonyl (C=O) groups excluding carboxylic acids is 1. The summed E-state index contributed by atoms with van der Waals surface area (Å²) in [5.74, 6) is -0.782. The van der Waals surface area contributed by atoms with E-state index in [-0.39, 0.29) is 22.6 Å². The van der Waals surface area contributed by atoms with Crippen LogP contribution in [-0.4, -0.2) is 41.2 Å². The Labute approximate surface area is 131 Å². The van der Waals surface area contributed by atoms with Crippen molar-refractivity contribution in [2.45, 2.75) is 57.1 Å². The van der Waals surface area contributed by atoms with Crippen LogP contribution in [0.1, 0.15) is 52.4 Å². The molecule has 0 aliphatic heterocycles. The second kappa shape index (κ2) is 7.92. The first-order valence-electron chi connectivity index (χ1n) is 7.69. The van der Waals surface area contributed by atoms with E-state index in [4.69, 9.17) is 5.11 Å². The number of carbonyl (C=O) groups is 2. The van der Waals surface area contributed by atoms with E-state index in [1.54, 1.807) is 11.8 Å². The topological polar surface area (TPSA) is 78.4 Å². The number of nitrogens with one attached hydrogen (secondary N) is 2. The predicted molar refractivity (Wildman–Crippen MR) is 86.8 cm³/mol. The number of rotatable bonds is 9. The van der Waals surface area contributed by atoms with Crippen LogP contribution in [0.15, 0.2) is 0 Å². The highest BCUT2D eigenvalue weighted by atomic mass is 32.2. The van der Waals surface area contributed by atoms with Crippen molar-refractivity contribution >= 4 is 23.8 Å². The summed E-state index contributed by atoms with van der Waals surface area (Å²) in [4.78, 5) is 22.8. The quantitative estimate of drug-likeness (QED) is 0.611. The van der Waals surface area contributed by atoms with E-state index in [2.05, 4.69) is 30.7 Å². The maximum atomic E-state index is 11.9. The van der Waals surface area contributed by atoms with Gasteiger partial charge in [-0.15, -0.1) is 0 Å². The van der Waals surface area contributed by atoms with Gasteiger partial charge < -0.3 is 15.7 Å².